The van der Waals surface area contributed by atoms with Crippen LogP contribution in [0.4, 0.5) is 0 Å². The van der Waals surface area contributed by atoms with Gasteiger partial charge in [0.1, 0.15) is 0 Å². The van der Waals surface area contributed by atoms with Crippen molar-refractivity contribution in [2.45, 2.75) is 38.1 Å². The predicted molar refractivity (Wildman–Crippen MR) is 81.6 cm³/mol. The summed E-state index contributed by atoms with van der Waals surface area (Å²) in [4.78, 5) is 25.6. The van der Waals surface area contributed by atoms with Gasteiger partial charge in [-0.3, -0.25) is 14.7 Å². The zero-order valence-corrected chi connectivity index (χ0v) is 12.3. The average molecular weight is 301 g/mol. The minimum atomic E-state index is -0.810. The van der Waals surface area contributed by atoms with E-state index in [9.17, 15) is 9.59 Å². The van der Waals surface area contributed by atoms with Gasteiger partial charge in [0.15, 0.2) is 0 Å². The van der Waals surface area contributed by atoms with Gasteiger partial charge in [0, 0.05) is 24.4 Å². The van der Waals surface area contributed by atoms with Gasteiger partial charge in [-0.2, -0.15) is 5.10 Å². The number of nitrogens with one attached hydrogen (secondary N) is 1. The number of H-pyrrole nitrogens is 1. The van der Waals surface area contributed by atoms with Crippen molar-refractivity contribution >= 4 is 22.8 Å². The summed E-state index contributed by atoms with van der Waals surface area (Å²) in [7, 11) is 0. The highest BCUT2D eigenvalue weighted by molar-refractivity contribution is 6.06. The van der Waals surface area contributed by atoms with Crippen LogP contribution in [-0.2, 0) is 4.79 Å². The van der Waals surface area contributed by atoms with E-state index in [1.165, 1.54) is 0 Å². The van der Waals surface area contributed by atoms with Crippen LogP contribution in [-0.4, -0.2) is 44.7 Å². The van der Waals surface area contributed by atoms with Gasteiger partial charge in [0.2, 0.25) is 0 Å². The largest absolute Gasteiger partial charge is 0.481 e. The van der Waals surface area contributed by atoms with Gasteiger partial charge in [-0.25, -0.2) is 0 Å². The summed E-state index contributed by atoms with van der Waals surface area (Å²) < 4.78 is 0. The number of aromatic amines is 1. The molecule has 1 saturated heterocycles. The summed E-state index contributed by atoms with van der Waals surface area (Å²) >= 11 is 0. The molecule has 0 bridgehead atoms. The van der Waals surface area contributed by atoms with E-state index in [1.807, 2.05) is 23.1 Å². The van der Waals surface area contributed by atoms with Crippen LogP contribution >= 0.6 is 0 Å². The summed E-state index contributed by atoms with van der Waals surface area (Å²) in [5.41, 5.74) is 1.47. The number of aliphatic carboxylic acids is 1. The lowest BCUT2D eigenvalue weighted by Gasteiger charge is -2.35. The Balaban J connectivity index is 1.85. The van der Waals surface area contributed by atoms with Gasteiger partial charge in [0.05, 0.1) is 17.3 Å². The highest BCUT2D eigenvalue weighted by Gasteiger charge is 2.28. The third kappa shape index (κ3) is 2.81. The molecule has 0 radical (unpaired) electrons. The fourth-order valence-corrected chi connectivity index (χ4v) is 3.17. The normalized spacial score (nSPS) is 18.5. The third-order valence-corrected chi connectivity index (χ3v) is 4.29. The fourth-order valence-electron chi connectivity index (χ4n) is 3.17. The number of rotatable bonds is 4. The van der Waals surface area contributed by atoms with Crippen LogP contribution in [0.15, 0.2) is 24.4 Å². The molecule has 2 N–H and O–H groups in total. The second kappa shape index (κ2) is 6.17. The molecule has 1 aliphatic heterocycles. The first kappa shape index (κ1) is 14.6. The van der Waals surface area contributed by atoms with Crippen LogP contribution in [0.25, 0.3) is 10.9 Å². The van der Waals surface area contributed by atoms with Crippen molar-refractivity contribution in [2.75, 3.05) is 6.54 Å². The fraction of sp³-hybridized carbons (Fsp3) is 0.438. The molecule has 0 spiro atoms. The number of nitrogens with zero attached hydrogens (tertiary/aromatic N) is 2. The SMILES string of the molecule is O=C(O)CCC1CCCCN1C(=O)c1cccc2[nH]ncc12. The Morgan fingerprint density at radius 2 is 2.23 bits per heavy atom. The van der Waals surface area contributed by atoms with E-state index in [-0.39, 0.29) is 18.4 Å². The average Bonchev–Trinajstić information content (AvgIpc) is 3.01. The Bertz CT molecular complexity index is 695. The van der Waals surface area contributed by atoms with Crippen molar-refractivity contribution < 1.29 is 14.7 Å². The molecular formula is C16H19N3O3. The molecule has 1 fully saturated rings. The van der Waals surface area contributed by atoms with E-state index < -0.39 is 5.97 Å². The lowest BCUT2D eigenvalue weighted by molar-refractivity contribution is -0.137. The van der Waals surface area contributed by atoms with Crippen molar-refractivity contribution in [3.8, 4) is 0 Å². The van der Waals surface area contributed by atoms with E-state index in [1.54, 1.807) is 6.20 Å². The maximum atomic E-state index is 12.9. The number of carboxylic acids is 1. The van der Waals surface area contributed by atoms with E-state index in [4.69, 9.17) is 5.11 Å². The van der Waals surface area contributed by atoms with E-state index in [2.05, 4.69) is 10.2 Å². The molecule has 1 aliphatic rings. The minimum absolute atomic E-state index is 0.0134. The summed E-state index contributed by atoms with van der Waals surface area (Å²) in [6, 6.07) is 5.55. The number of carboxylic acid groups (broad SMARTS) is 1. The number of carbonyl (C=O) groups excluding carboxylic acids is 1. The molecule has 22 heavy (non-hydrogen) atoms. The van der Waals surface area contributed by atoms with Crippen LogP contribution in [0.3, 0.4) is 0 Å². The molecule has 1 atom stereocenters. The summed E-state index contributed by atoms with van der Waals surface area (Å²) in [5, 5.41) is 16.6. The molecule has 0 aliphatic carbocycles. The third-order valence-electron chi connectivity index (χ3n) is 4.29. The molecule has 6 heteroatoms. The van der Waals surface area contributed by atoms with E-state index in [0.717, 1.165) is 30.2 Å². The smallest absolute Gasteiger partial charge is 0.303 e. The predicted octanol–water partition coefficient (Wildman–Crippen LogP) is 2.42. The number of hydrogen-bond acceptors (Lipinski definition) is 3. The summed E-state index contributed by atoms with van der Waals surface area (Å²) in [5.74, 6) is -0.836. The molecule has 2 heterocycles. The number of likely N-dealkylation sites (tertiary alicyclic amines) is 1. The minimum Gasteiger partial charge on any atom is -0.481 e. The van der Waals surface area contributed by atoms with Crippen molar-refractivity contribution in [1.82, 2.24) is 15.1 Å². The zero-order chi connectivity index (χ0) is 15.5. The van der Waals surface area contributed by atoms with Gasteiger partial charge in [0.25, 0.3) is 5.91 Å². The topological polar surface area (TPSA) is 86.3 Å². The van der Waals surface area contributed by atoms with Crippen molar-refractivity contribution in [1.29, 1.82) is 0 Å². The number of hydrogen-bond donors (Lipinski definition) is 2. The first-order valence-corrected chi connectivity index (χ1v) is 7.61. The molecule has 3 rings (SSSR count). The van der Waals surface area contributed by atoms with Crippen molar-refractivity contribution in [2.24, 2.45) is 0 Å². The molecule has 1 amide bonds. The van der Waals surface area contributed by atoms with E-state index >= 15 is 0 Å². The van der Waals surface area contributed by atoms with Gasteiger partial charge in [-0.1, -0.05) is 6.07 Å². The number of piperidine rings is 1. The van der Waals surface area contributed by atoms with Crippen LogP contribution in [0.2, 0.25) is 0 Å². The Morgan fingerprint density at radius 1 is 1.36 bits per heavy atom. The second-order valence-corrected chi connectivity index (χ2v) is 5.72. The summed E-state index contributed by atoms with van der Waals surface area (Å²) in [6.07, 6.45) is 5.17. The molecule has 6 nitrogen and oxygen atoms in total. The Labute approximate surface area is 128 Å². The summed E-state index contributed by atoms with van der Waals surface area (Å²) in [6.45, 7) is 0.692. The second-order valence-electron chi connectivity index (χ2n) is 5.72. The molecular weight excluding hydrogens is 282 g/mol. The Hall–Kier alpha value is -2.37. The molecule has 0 saturated carbocycles. The molecule has 1 aromatic carbocycles. The lowest BCUT2D eigenvalue weighted by Crippen LogP contribution is -2.44. The van der Waals surface area contributed by atoms with Crippen LogP contribution in [0.1, 0.15) is 42.5 Å². The van der Waals surface area contributed by atoms with Crippen molar-refractivity contribution in [3.05, 3.63) is 30.0 Å². The highest BCUT2D eigenvalue weighted by atomic mass is 16.4. The number of fused-ring (bicyclic) bond motifs is 1. The first-order valence-electron chi connectivity index (χ1n) is 7.61. The lowest BCUT2D eigenvalue weighted by atomic mass is 9.96. The van der Waals surface area contributed by atoms with Gasteiger partial charge >= 0.3 is 5.97 Å². The Kier molecular flexibility index (Phi) is 4.09. The quantitative estimate of drug-likeness (QED) is 0.908. The highest BCUT2D eigenvalue weighted by Crippen LogP contribution is 2.25. The standard InChI is InChI=1S/C16H19N3O3/c20-15(21)8-7-11-4-1-2-9-19(11)16(22)12-5-3-6-14-13(12)10-17-18-14/h3,5-6,10-11H,1-2,4,7-9H2,(H,17,18)(H,20,21). The number of carbonyl (C=O) groups is 2. The maximum absolute atomic E-state index is 12.9. The molecule has 1 aromatic heterocycles. The molecule has 116 valence electrons. The van der Waals surface area contributed by atoms with Crippen LogP contribution < -0.4 is 0 Å². The van der Waals surface area contributed by atoms with Crippen LogP contribution in [0, 0.1) is 0 Å². The van der Waals surface area contributed by atoms with Gasteiger partial charge in [-0.05, 0) is 37.8 Å². The number of aromatic nitrogens is 2. The Morgan fingerprint density at radius 3 is 3.05 bits per heavy atom. The van der Waals surface area contributed by atoms with Crippen molar-refractivity contribution in [3.63, 3.8) is 0 Å². The van der Waals surface area contributed by atoms with Crippen LogP contribution in [0.5, 0.6) is 0 Å². The van der Waals surface area contributed by atoms with Gasteiger partial charge in [-0.15, -0.1) is 0 Å². The molecule has 2 aromatic rings. The van der Waals surface area contributed by atoms with E-state index in [0.29, 0.717) is 18.5 Å². The molecule has 1 unspecified atom stereocenters. The monoisotopic (exact) mass is 301 g/mol. The number of benzene rings is 1. The van der Waals surface area contributed by atoms with Gasteiger partial charge < -0.3 is 10.0 Å². The maximum Gasteiger partial charge on any atom is 0.303 e. The first-order chi connectivity index (χ1) is 10.7. The zero-order valence-electron chi connectivity index (χ0n) is 12.3. The number of amides is 1.